The smallest absolute Gasteiger partial charge is 0.213 e. The number of pyridine rings is 1. The van der Waals surface area contributed by atoms with Crippen molar-refractivity contribution < 1.29 is 9.23 Å². The van der Waals surface area contributed by atoms with E-state index in [2.05, 4.69) is 9.82 Å². The summed E-state index contributed by atoms with van der Waals surface area (Å²) in [5, 5.41) is 0. The van der Waals surface area contributed by atoms with Gasteiger partial charge in [0, 0.05) is 0 Å². The van der Waals surface area contributed by atoms with Crippen LogP contribution in [-0.2, 0) is 11.4 Å². The van der Waals surface area contributed by atoms with Gasteiger partial charge in [0.1, 0.15) is 6.61 Å². The second kappa shape index (κ2) is 3.24. The molecule has 0 spiro atoms. The Labute approximate surface area is 57.6 Å². The molecule has 1 rings (SSSR count). The summed E-state index contributed by atoms with van der Waals surface area (Å²) < 4.78 is 12.3. The van der Waals surface area contributed by atoms with Crippen molar-refractivity contribution in [2.24, 2.45) is 5.90 Å². The monoisotopic (exact) mass is 142 g/mol. The van der Waals surface area contributed by atoms with Gasteiger partial charge in [0.25, 0.3) is 0 Å². The van der Waals surface area contributed by atoms with Crippen LogP contribution >= 0.6 is 0 Å². The number of rotatable bonds is 2. The van der Waals surface area contributed by atoms with E-state index in [1.54, 1.807) is 12.1 Å². The van der Waals surface area contributed by atoms with Crippen molar-refractivity contribution in [3.63, 3.8) is 0 Å². The topological polar surface area (TPSA) is 48.1 Å². The van der Waals surface area contributed by atoms with Crippen LogP contribution in [0.3, 0.4) is 0 Å². The molecule has 0 fully saturated rings. The Bertz CT molecular complexity index is 217. The van der Waals surface area contributed by atoms with E-state index < -0.39 is 5.95 Å². The van der Waals surface area contributed by atoms with Crippen LogP contribution in [0.25, 0.3) is 0 Å². The van der Waals surface area contributed by atoms with E-state index in [1.807, 2.05) is 0 Å². The zero-order valence-corrected chi connectivity index (χ0v) is 5.25. The number of halogens is 1. The second-order valence-electron chi connectivity index (χ2n) is 1.76. The van der Waals surface area contributed by atoms with E-state index >= 15 is 0 Å². The van der Waals surface area contributed by atoms with Gasteiger partial charge < -0.3 is 0 Å². The fourth-order valence-electron chi connectivity index (χ4n) is 0.616. The van der Waals surface area contributed by atoms with Crippen molar-refractivity contribution in [1.29, 1.82) is 0 Å². The van der Waals surface area contributed by atoms with Crippen molar-refractivity contribution in [1.82, 2.24) is 4.98 Å². The number of nitrogens with two attached hydrogens (primary N) is 1. The van der Waals surface area contributed by atoms with E-state index in [0.717, 1.165) is 0 Å². The predicted molar refractivity (Wildman–Crippen MR) is 33.2 cm³/mol. The van der Waals surface area contributed by atoms with Gasteiger partial charge in [-0.2, -0.15) is 4.39 Å². The predicted octanol–water partition coefficient (Wildman–Crippen LogP) is 0.611. The van der Waals surface area contributed by atoms with Crippen LogP contribution in [-0.4, -0.2) is 4.98 Å². The Kier molecular flexibility index (Phi) is 2.30. The van der Waals surface area contributed by atoms with Crippen molar-refractivity contribution >= 4 is 0 Å². The molecule has 0 atom stereocenters. The van der Waals surface area contributed by atoms with Gasteiger partial charge in [-0.25, -0.2) is 10.9 Å². The first-order chi connectivity index (χ1) is 4.83. The van der Waals surface area contributed by atoms with Gasteiger partial charge in [-0.15, -0.1) is 0 Å². The number of hydrogen-bond acceptors (Lipinski definition) is 3. The molecule has 0 aliphatic carbocycles. The van der Waals surface area contributed by atoms with E-state index in [9.17, 15) is 4.39 Å². The van der Waals surface area contributed by atoms with E-state index in [0.29, 0.717) is 5.69 Å². The molecule has 0 aliphatic heterocycles. The summed E-state index contributed by atoms with van der Waals surface area (Å²) in [6, 6.07) is 4.45. The Hall–Kier alpha value is -1.00. The first kappa shape index (κ1) is 7.11. The fourth-order valence-corrected chi connectivity index (χ4v) is 0.616. The molecule has 0 unspecified atom stereocenters. The van der Waals surface area contributed by atoms with E-state index in [1.165, 1.54) is 6.07 Å². The quantitative estimate of drug-likeness (QED) is 0.486. The van der Waals surface area contributed by atoms with E-state index in [4.69, 9.17) is 5.90 Å². The second-order valence-corrected chi connectivity index (χ2v) is 1.76. The van der Waals surface area contributed by atoms with Gasteiger partial charge in [-0.3, -0.25) is 4.84 Å². The van der Waals surface area contributed by atoms with E-state index in [-0.39, 0.29) is 6.61 Å². The van der Waals surface area contributed by atoms with Crippen LogP contribution in [0.1, 0.15) is 5.69 Å². The molecule has 0 saturated carbocycles. The van der Waals surface area contributed by atoms with Gasteiger partial charge in [0.2, 0.25) is 5.95 Å². The minimum Gasteiger partial charge on any atom is -0.298 e. The Morgan fingerprint density at radius 3 is 3.00 bits per heavy atom. The summed E-state index contributed by atoms with van der Waals surface area (Å²) >= 11 is 0. The van der Waals surface area contributed by atoms with Gasteiger partial charge >= 0.3 is 0 Å². The van der Waals surface area contributed by atoms with Crippen LogP contribution in [0.15, 0.2) is 18.2 Å². The molecule has 0 saturated heterocycles. The summed E-state index contributed by atoms with van der Waals surface area (Å²) in [5.74, 6) is 4.23. The Morgan fingerprint density at radius 1 is 1.60 bits per heavy atom. The maximum absolute atomic E-state index is 12.3. The molecule has 0 bridgehead atoms. The molecule has 2 N–H and O–H groups in total. The van der Waals surface area contributed by atoms with Crippen LogP contribution in [0.4, 0.5) is 4.39 Å². The van der Waals surface area contributed by atoms with Gasteiger partial charge in [0.05, 0.1) is 5.69 Å². The van der Waals surface area contributed by atoms with Crippen LogP contribution in [0.2, 0.25) is 0 Å². The van der Waals surface area contributed by atoms with Crippen molar-refractivity contribution in [3.8, 4) is 0 Å². The lowest BCUT2D eigenvalue weighted by molar-refractivity contribution is 0.120. The molecule has 0 aromatic carbocycles. The number of nitrogens with zero attached hydrogens (tertiary/aromatic N) is 1. The van der Waals surface area contributed by atoms with Crippen molar-refractivity contribution in [3.05, 3.63) is 29.8 Å². The zero-order valence-electron chi connectivity index (χ0n) is 5.25. The normalized spacial score (nSPS) is 9.80. The molecular formula is C6H7FN2O. The molecule has 0 radical (unpaired) electrons. The number of hydrogen-bond donors (Lipinski definition) is 1. The highest BCUT2D eigenvalue weighted by Crippen LogP contribution is 1.97. The first-order valence-corrected chi connectivity index (χ1v) is 2.76. The molecule has 1 heterocycles. The van der Waals surface area contributed by atoms with Crippen molar-refractivity contribution in [2.75, 3.05) is 0 Å². The lowest BCUT2D eigenvalue weighted by Gasteiger charge is -1.95. The van der Waals surface area contributed by atoms with Crippen LogP contribution in [0.5, 0.6) is 0 Å². The minimum absolute atomic E-state index is 0.137. The standard InChI is InChI=1S/C6H7FN2O/c7-6-3-1-2-5(9-6)4-10-8/h1-3H,4,8H2. The van der Waals surface area contributed by atoms with Crippen LogP contribution in [0, 0.1) is 5.95 Å². The average Bonchev–Trinajstić information content (AvgIpc) is 1.88. The molecule has 54 valence electrons. The first-order valence-electron chi connectivity index (χ1n) is 2.76. The molecule has 0 aliphatic rings. The third-order valence-electron chi connectivity index (χ3n) is 1.00. The lowest BCUT2D eigenvalue weighted by Crippen LogP contribution is -2.01. The SMILES string of the molecule is NOCc1cccc(F)n1. The highest BCUT2D eigenvalue weighted by Gasteiger charge is 1.93. The fraction of sp³-hybridized carbons (Fsp3) is 0.167. The molecule has 1 aromatic rings. The molecule has 1 aromatic heterocycles. The molecule has 0 amide bonds. The maximum Gasteiger partial charge on any atom is 0.213 e. The van der Waals surface area contributed by atoms with Gasteiger partial charge in [-0.05, 0) is 12.1 Å². The lowest BCUT2D eigenvalue weighted by atomic mass is 10.4. The van der Waals surface area contributed by atoms with Crippen LogP contribution < -0.4 is 5.90 Å². The molecule has 4 heteroatoms. The molecular weight excluding hydrogens is 135 g/mol. The molecule has 3 nitrogen and oxygen atoms in total. The Morgan fingerprint density at radius 2 is 2.40 bits per heavy atom. The largest absolute Gasteiger partial charge is 0.298 e. The van der Waals surface area contributed by atoms with Gasteiger partial charge in [-0.1, -0.05) is 6.07 Å². The summed E-state index contributed by atoms with van der Waals surface area (Å²) in [6.45, 7) is 0.137. The molecule has 10 heavy (non-hydrogen) atoms. The number of aromatic nitrogens is 1. The summed E-state index contributed by atoms with van der Waals surface area (Å²) in [7, 11) is 0. The third kappa shape index (κ3) is 1.75. The Balaban J connectivity index is 2.75. The van der Waals surface area contributed by atoms with Crippen molar-refractivity contribution in [2.45, 2.75) is 6.61 Å². The average molecular weight is 142 g/mol. The highest BCUT2D eigenvalue weighted by atomic mass is 19.1. The van der Waals surface area contributed by atoms with Gasteiger partial charge in [0.15, 0.2) is 0 Å². The summed E-state index contributed by atoms with van der Waals surface area (Å²) in [6.07, 6.45) is 0. The zero-order chi connectivity index (χ0) is 7.40. The third-order valence-corrected chi connectivity index (χ3v) is 1.00. The highest BCUT2D eigenvalue weighted by molar-refractivity contribution is 5.03. The minimum atomic E-state index is -0.519. The maximum atomic E-state index is 12.3. The summed E-state index contributed by atoms with van der Waals surface area (Å²) in [4.78, 5) is 7.74. The summed E-state index contributed by atoms with van der Waals surface area (Å²) in [5.41, 5.74) is 0.488.